The summed E-state index contributed by atoms with van der Waals surface area (Å²) >= 11 is 0. The van der Waals surface area contributed by atoms with Crippen molar-refractivity contribution in [3.63, 3.8) is 0 Å². The van der Waals surface area contributed by atoms with E-state index in [0.717, 1.165) is 11.1 Å². The van der Waals surface area contributed by atoms with Crippen molar-refractivity contribution < 1.29 is 9.90 Å². The Labute approximate surface area is 72.6 Å². The Morgan fingerprint density at radius 2 is 1.75 bits per heavy atom. The maximum Gasteiger partial charge on any atom is 0.335 e. The van der Waals surface area contributed by atoms with Gasteiger partial charge in [-0.1, -0.05) is 16.6 Å². The summed E-state index contributed by atoms with van der Waals surface area (Å²) in [5.41, 5.74) is 3.61. The lowest BCUT2D eigenvalue weighted by molar-refractivity contribution is 0.0696. The lowest BCUT2D eigenvalue weighted by Gasteiger charge is -2.05. The van der Waals surface area contributed by atoms with Gasteiger partial charge in [0.25, 0.3) is 0 Å². The molecule has 0 aliphatic carbocycles. The average Bonchev–Trinajstić information content (AvgIpc) is 1.99. The minimum Gasteiger partial charge on any atom is -0.478 e. The molecule has 0 aliphatic heterocycles. The van der Waals surface area contributed by atoms with Gasteiger partial charge >= 0.3 is 5.97 Å². The first-order valence-electron chi connectivity index (χ1n) is 3.83. The van der Waals surface area contributed by atoms with Crippen LogP contribution in [0.4, 0.5) is 0 Å². The molecule has 62 valence electrons. The van der Waals surface area contributed by atoms with Gasteiger partial charge in [0.2, 0.25) is 0 Å². The van der Waals surface area contributed by atoms with E-state index in [0.29, 0.717) is 5.56 Å². The standard InChI is InChI=1S/C9H11BO2/c1-5-3-7(9(11)12)4-6(2)8(5)10/h3-4H,10H2,1-2H3,(H,11,12). The van der Waals surface area contributed by atoms with Gasteiger partial charge in [0.05, 0.1) is 5.56 Å². The summed E-state index contributed by atoms with van der Waals surface area (Å²) in [5.74, 6) is -0.860. The van der Waals surface area contributed by atoms with Crippen LogP contribution in [0.15, 0.2) is 12.1 Å². The van der Waals surface area contributed by atoms with Crippen LogP contribution in [0, 0.1) is 13.8 Å². The van der Waals surface area contributed by atoms with Crippen LogP contribution in [-0.2, 0) is 0 Å². The molecule has 0 spiro atoms. The van der Waals surface area contributed by atoms with Crippen LogP contribution in [0.3, 0.4) is 0 Å². The van der Waals surface area contributed by atoms with E-state index in [1.54, 1.807) is 12.1 Å². The molecule has 1 aromatic rings. The molecule has 0 saturated carbocycles. The zero-order chi connectivity index (χ0) is 9.30. The molecule has 2 nitrogen and oxygen atoms in total. The molecule has 0 aromatic heterocycles. The molecule has 0 amide bonds. The number of benzene rings is 1. The molecule has 1 N–H and O–H groups in total. The smallest absolute Gasteiger partial charge is 0.335 e. The number of carboxylic acids is 1. The number of hydrogen-bond acceptors (Lipinski definition) is 1. The Hall–Kier alpha value is -1.25. The third-order valence-electron chi connectivity index (χ3n) is 2.17. The van der Waals surface area contributed by atoms with Crippen molar-refractivity contribution in [2.45, 2.75) is 13.8 Å². The Morgan fingerprint density at radius 3 is 2.08 bits per heavy atom. The Bertz CT molecular complexity index is 308. The van der Waals surface area contributed by atoms with Crippen LogP contribution < -0.4 is 5.46 Å². The molecular weight excluding hydrogens is 151 g/mol. The normalized spacial score (nSPS) is 9.83. The van der Waals surface area contributed by atoms with Gasteiger partial charge in [-0.2, -0.15) is 0 Å². The van der Waals surface area contributed by atoms with Crippen LogP contribution in [0.1, 0.15) is 21.5 Å². The van der Waals surface area contributed by atoms with Crippen molar-refractivity contribution in [1.82, 2.24) is 0 Å². The number of carbonyl (C=O) groups is 1. The van der Waals surface area contributed by atoms with E-state index in [1.807, 2.05) is 21.7 Å². The van der Waals surface area contributed by atoms with Crippen LogP contribution in [0.2, 0.25) is 0 Å². The highest BCUT2D eigenvalue weighted by molar-refractivity contribution is 6.34. The van der Waals surface area contributed by atoms with Gasteiger partial charge in [-0.05, 0) is 26.0 Å². The van der Waals surface area contributed by atoms with Crippen molar-refractivity contribution in [2.24, 2.45) is 0 Å². The van der Waals surface area contributed by atoms with Crippen molar-refractivity contribution in [3.8, 4) is 0 Å². The molecule has 0 aliphatic rings. The fourth-order valence-electron chi connectivity index (χ4n) is 1.16. The van der Waals surface area contributed by atoms with Gasteiger partial charge in [0, 0.05) is 0 Å². The van der Waals surface area contributed by atoms with Crippen LogP contribution in [0.25, 0.3) is 0 Å². The number of aromatic carboxylic acids is 1. The predicted molar refractivity (Wildman–Crippen MR) is 51.1 cm³/mol. The summed E-state index contributed by atoms with van der Waals surface area (Å²) in [6.07, 6.45) is 0. The summed E-state index contributed by atoms with van der Waals surface area (Å²) in [6.45, 7) is 3.85. The van der Waals surface area contributed by atoms with Crippen molar-refractivity contribution >= 4 is 19.3 Å². The lowest BCUT2D eigenvalue weighted by atomic mass is 9.85. The molecule has 0 unspecified atom stereocenters. The van der Waals surface area contributed by atoms with Crippen molar-refractivity contribution in [3.05, 3.63) is 28.8 Å². The molecule has 0 saturated heterocycles. The highest BCUT2D eigenvalue weighted by atomic mass is 16.4. The third kappa shape index (κ3) is 1.50. The second kappa shape index (κ2) is 3.01. The van der Waals surface area contributed by atoms with Crippen LogP contribution in [0.5, 0.6) is 0 Å². The minimum absolute atomic E-state index is 0.371. The second-order valence-electron chi connectivity index (χ2n) is 3.04. The van der Waals surface area contributed by atoms with E-state index in [2.05, 4.69) is 0 Å². The molecular formula is C9H11BO2. The molecule has 0 atom stereocenters. The fraction of sp³-hybridized carbons (Fsp3) is 0.222. The van der Waals surface area contributed by atoms with Crippen molar-refractivity contribution in [2.75, 3.05) is 0 Å². The molecule has 1 aromatic carbocycles. The second-order valence-corrected chi connectivity index (χ2v) is 3.04. The van der Waals surface area contributed by atoms with Gasteiger partial charge in [-0.15, -0.1) is 0 Å². The van der Waals surface area contributed by atoms with Gasteiger partial charge in [0.1, 0.15) is 7.85 Å². The molecule has 3 heteroatoms. The summed E-state index contributed by atoms with van der Waals surface area (Å²) in [7, 11) is 2.00. The molecule has 0 heterocycles. The zero-order valence-electron chi connectivity index (χ0n) is 7.51. The van der Waals surface area contributed by atoms with E-state index >= 15 is 0 Å². The van der Waals surface area contributed by atoms with E-state index < -0.39 is 5.97 Å². The van der Waals surface area contributed by atoms with Gasteiger partial charge in [0.15, 0.2) is 0 Å². The largest absolute Gasteiger partial charge is 0.478 e. The number of rotatable bonds is 1. The first-order chi connectivity index (χ1) is 5.52. The Kier molecular flexibility index (Phi) is 2.22. The monoisotopic (exact) mass is 162 g/mol. The molecule has 0 fully saturated rings. The van der Waals surface area contributed by atoms with Crippen LogP contribution >= 0.6 is 0 Å². The van der Waals surface area contributed by atoms with Crippen LogP contribution in [-0.4, -0.2) is 18.9 Å². The quantitative estimate of drug-likeness (QED) is 0.601. The summed E-state index contributed by atoms with van der Waals surface area (Å²) in [5, 5.41) is 8.72. The maximum absolute atomic E-state index is 10.6. The Morgan fingerprint density at radius 1 is 1.33 bits per heavy atom. The number of hydrogen-bond donors (Lipinski definition) is 1. The topological polar surface area (TPSA) is 37.3 Å². The summed E-state index contributed by atoms with van der Waals surface area (Å²) in [6, 6.07) is 3.40. The highest BCUT2D eigenvalue weighted by Gasteiger charge is 2.05. The predicted octanol–water partition coefficient (Wildman–Crippen LogP) is 0.260. The van der Waals surface area contributed by atoms with Gasteiger partial charge in [-0.25, -0.2) is 4.79 Å². The highest BCUT2D eigenvalue weighted by Crippen LogP contribution is 2.05. The SMILES string of the molecule is Bc1c(C)cc(C(=O)O)cc1C. The molecule has 12 heavy (non-hydrogen) atoms. The number of carboxylic acid groups (broad SMARTS) is 1. The number of aryl methyl sites for hydroxylation is 2. The Balaban J connectivity index is 3.31. The van der Waals surface area contributed by atoms with E-state index in [4.69, 9.17) is 5.11 Å². The zero-order valence-corrected chi connectivity index (χ0v) is 7.51. The first-order valence-corrected chi connectivity index (χ1v) is 3.83. The van der Waals surface area contributed by atoms with E-state index in [1.165, 1.54) is 5.46 Å². The average molecular weight is 162 g/mol. The summed E-state index contributed by atoms with van der Waals surface area (Å²) < 4.78 is 0. The van der Waals surface area contributed by atoms with E-state index in [-0.39, 0.29) is 0 Å². The lowest BCUT2D eigenvalue weighted by Crippen LogP contribution is -2.13. The van der Waals surface area contributed by atoms with E-state index in [9.17, 15) is 4.79 Å². The molecule has 0 bridgehead atoms. The minimum atomic E-state index is -0.860. The van der Waals surface area contributed by atoms with Crippen molar-refractivity contribution in [1.29, 1.82) is 0 Å². The van der Waals surface area contributed by atoms with Gasteiger partial charge < -0.3 is 5.11 Å². The maximum atomic E-state index is 10.6. The summed E-state index contributed by atoms with van der Waals surface area (Å²) in [4.78, 5) is 10.6. The molecule has 1 rings (SSSR count). The fourth-order valence-corrected chi connectivity index (χ4v) is 1.16. The first kappa shape index (κ1) is 8.85. The third-order valence-corrected chi connectivity index (χ3v) is 2.17. The molecule has 0 radical (unpaired) electrons. The van der Waals surface area contributed by atoms with Gasteiger partial charge in [-0.3, -0.25) is 0 Å².